The Kier molecular flexibility index (Phi) is 6.69. The molecule has 5 nitrogen and oxygen atoms in total. The van der Waals surface area contributed by atoms with Crippen LogP contribution in [0.5, 0.6) is 0 Å². The van der Waals surface area contributed by atoms with E-state index in [1.165, 1.54) is 6.07 Å². The predicted molar refractivity (Wildman–Crippen MR) is 105 cm³/mol. The number of rotatable bonds is 3. The Balaban J connectivity index is 1.73. The lowest BCUT2D eigenvalue weighted by atomic mass is 9.99. The number of nitrogens with one attached hydrogen (secondary N) is 1. The molecule has 3 rings (SSSR count). The largest absolute Gasteiger partial charge is 0.416 e. The van der Waals surface area contributed by atoms with Crippen molar-refractivity contribution in [3.8, 4) is 0 Å². The molecule has 1 aromatic rings. The van der Waals surface area contributed by atoms with Gasteiger partial charge in [0.2, 0.25) is 0 Å². The van der Waals surface area contributed by atoms with Crippen LogP contribution in [0.3, 0.4) is 0 Å². The van der Waals surface area contributed by atoms with Crippen molar-refractivity contribution in [1.82, 2.24) is 10.2 Å². The molecule has 0 amide bonds. The van der Waals surface area contributed by atoms with Crippen molar-refractivity contribution < 1.29 is 17.9 Å². The van der Waals surface area contributed by atoms with E-state index in [2.05, 4.69) is 22.1 Å². The molecule has 0 atom stereocenters. The molecule has 0 radical (unpaired) electrons. The number of morpholine rings is 1. The van der Waals surface area contributed by atoms with E-state index in [1.807, 2.05) is 4.90 Å². The highest BCUT2D eigenvalue weighted by Gasteiger charge is 2.34. The molecule has 156 valence electrons. The van der Waals surface area contributed by atoms with Crippen molar-refractivity contribution in [3.05, 3.63) is 29.3 Å². The van der Waals surface area contributed by atoms with Crippen LogP contribution >= 0.6 is 0 Å². The van der Waals surface area contributed by atoms with Crippen LogP contribution in [-0.2, 0) is 17.5 Å². The maximum Gasteiger partial charge on any atom is 0.416 e. The van der Waals surface area contributed by atoms with Gasteiger partial charge in [-0.15, -0.1) is 0 Å². The number of hydrogen-bond acceptors (Lipinski definition) is 3. The average molecular weight is 398 g/mol. The molecule has 2 saturated heterocycles. The number of guanidine groups is 1. The van der Waals surface area contributed by atoms with Gasteiger partial charge < -0.3 is 19.9 Å². The number of likely N-dealkylation sites (tertiary alicyclic amines) is 1. The second-order valence-corrected chi connectivity index (χ2v) is 7.51. The Morgan fingerprint density at radius 3 is 2.46 bits per heavy atom. The number of nitrogens with zero attached hydrogens (tertiary/aromatic N) is 3. The van der Waals surface area contributed by atoms with E-state index < -0.39 is 11.7 Å². The number of alkyl halides is 3. The van der Waals surface area contributed by atoms with Gasteiger partial charge >= 0.3 is 6.18 Å². The van der Waals surface area contributed by atoms with Crippen LogP contribution in [0.2, 0.25) is 0 Å². The molecule has 0 saturated carbocycles. The van der Waals surface area contributed by atoms with Crippen molar-refractivity contribution in [1.29, 1.82) is 0 Å². The number of hydrogen-bond donors (Lipinski definition) is 1. The standard InChI is InChI=1S/C20H29F3N4O/c1-15-5-7-27(8-6-15)19(24-2)25-14-16-3-4-17(13-18(16)20(21,22)23)26-9-11-28-12-10-26/h3-4,13,15H,5-12,14H2,1-2H3,(H,24,25). The maximum atomic E-state index is 13.7. The summed E-state index contributed by atoms with van der Waals surface area (Å²) >= 11 is 0. The summed E-state index contributed by atoms with van der Waals surface area (Å²) in [6.45, 7) is 6.36. The van der Waals surface area contributed by atoms with Gasteiger partial charge in [-0.25, -0.2) is 0 Å². The molecule has 2 aliphatic heterocycles. The minimum Gasteiger partial charge on any atom is -0.378 e. The molecule has 8 heteroatoms. The average Bonchev–Trinajstić information content (AvgIpc) is 2.69. The molecule has 0 bridgehead atoms. The van der Waals surface area contributed by atoms with E-state index in [9.17, 15) is 13.2 Å². The Hall–Kier alpha value is -1.96. The lowest BCUT2D eigenvalue weighted by Gasteiger charge is -2.33. The summed E-state index contributed by atoms with van der Waals surface area (Å²) in [5, 5.41) is 3.12. The number of piperidine rings is 1. The Morgan fingerprint density at radius 2 is 1.86 bits per heavy atom. The fourth-order valence-electron chi connectivity index (χ4n) is 3.73. The lowest BCUT2D eigenvalue weighted by Crippen LogP contribution is -2.45. The second-order valence-electron chi connectivity index (χ2n) is 7.51. The summed E-state index contributed by atoms with van der Waals surface area (Å²) in [5.74, 6) is 1.34. The smallest absolute Gasteiger partial charge is 0.378 e. The first-order valence-electron chi connectivity index (χ1n) is 9.87. The molecule has 28 heavy (non-hydrogen) atoms. The SMILES string of the molecule is CN=C(NCc1ccc(N2CCOCC2)cc1C(F)(F)F)N1CCC(C)CC1. The van der Waals surface area contributed by atoms with Gasteiger partial charge in [0.15, 0.2) is 5.96 Å². The number of benzene rings is 1. The van der Waals surface area contributed by atoms with Gasteiger partial charge in [0.1, 0.15) is 0 Å². The first kappa shape index (κ1) is 20.8. The molecule has 0 unspecified atom stereocenters. The van der Waals surface area contributed by atoms with Gasteiger partial charge in [-0.3, -0.25) is 4.99 Å². The van der Waals surface area contributed by atoms with Crippen molar-refractivity contribution in [3.63, 3.8) is 0 Å². The minimum absolute atomic E-state index is 0.0942. The number of halogens is 3. The fraction of sp³-hybridized carbons (Fsp3) is 0.650. The van der Waals surface area contributed by atoms with E-state index in [-0.39, 0.29) is 12.1 Å². The van der Waals surface area contributed by atoms with E-state index in [4.69, 9.17) is 4.74 Å². The molecule has 0 spiro atoms. The summed E-state index contributed by atoms with van der Waals surface area (Å²) in [6.07, 6.45) is -2.26. The van der Waals surface area contributed by atoms with Crippen LogP contribution in [0.15, 0.2) is 23.2 Å². The first-order valence-corrected chi connectivity index (χ1v) is 9.87. The molecule has 1 aromatic carbocycles. The number of anilines is 1. The van der Waals surface area contributed by atoms with E-state index >= 15 is 0 Å². The van der Waals surface area contributed by atoms with Crippen molar-refractivity contribution in [2.24, 2.45) is 10.9 Å². The van der Waals surface area contributed by atoms with Crippen LogP contribution in [-0.4, -0.2) is 57.3 Å². The highest BCUT2D eigenvalue weighted by Crippen LogP contribution is 2.35. The van der Waals surface area contributed by atoms with Crippen LogP contribution in [0.1, 0.15) is 30.9 Å². The monoisotopic (exact) mass is 398 g/mol. The maximum absolute atomic E-state index is 13.7. The molecule has 0 aromatic heterocycles. The zero-order chi connectivity index (χ0) is 20.1. The zero-order valence-corrected chi connectivity index (χ0v) is 16.6. The van der Waals surface area contributed by atoms with Crippen LogP contribution in [0, 0.1) is 5.92 Å². The third-order valence-corrected chi connectivity index (χ3v) is 5.51. The van der Waals surface area contributed by atoms with E-state index in [0.717, 1.165) is 25.9 Å². The molecule has 1 N–H and O–H groups in total. The number of ether oxygens (including phenoxy) is 1. The highest BCUT2D eigenvalue weighted by atomic mass is 19.4. The lowest BCUT2D eigenvalue weighted by molar-refractivity contribution is -0.138. The summed E-state index contributed by atoms with van der Waals surface area (Å²) in [5.41, 5.74) is 0.233. The first-order chi connectivity index (χ1) is 13.4. The van der Waals surface area contributed by atoms with Crippen molar-refractivity contribution in [2.75, 3.05) is 51.3 Å². The van der Waals surface area contributed by atoms with Crippen LogP contribution in [0.4, 0.5) is 18.9 Å². The molecular weight excluding hydrogens is 369 g/mol. The molecular formula is C20H29F3N4O. The van der Waals surface area contributed by atoms with Gasteiger partial charge in [0.25, 0.3) is 0 Å². The van der Waals surface area contributed by atoms with Gasteiger partial charge in [0.05, 0.1) is 18.8 Å². The van der Waals surface area contributed by atoms with Gasteiger partial charge in [-0.1, -0.05) is 13.0 Å². The number of aliphatic imine (C=N–C) groups is 1. The Bertz CT molecular complexity index is 679. The molecule has 2 fully saturated rings. The molecule has 2 aliphatic rings. The zero-order valence-electron chi connectivity index (χ0n) is 16.6. The summed E-state index contributed by atoms with van der Waals surface area (Å²) in [6, 6.07) is 4.60. The molecule has 0 aliphatic carbocycles. The summed E-state index contributed by atoms with van der Waals surface area (Å²) in [7, 11) is 1.67. The fourth-order valence-corrected chi connectivity index (χ4v) is 3.73. The quantitative estimate of drug-likeness (QED) is 0.626. The predicted octanol–water partition coefficient (Wildman–Crippen LogP) is 3.35. The van der Waals surface area contributed by atoms with Crippen LogP contribution < -0.4 is 10.2 Å². The van der Waals surface area contributed by atoms with E-state index in [0.29, 0.717) is 43.9 Å². The topological polar surface area (TPSA) is 40.1 Å². The van der Waals surface area contributed by atoms with Gasteiger partial charge in [-0.2, -0.15) is 13.2 Å². The molecule has 2 heterocycles. The normalized spacial score (nSPS) is 19.8. The van der Waals surface area contributed by atoms with Crippen LogP contribution in [0.25, 0.3) is 0 Å². The van der Waals surface area contributed by atoms with Gasteiger partial charge in [-0.05, 0) is 36.5 Å². The third-order valence-electron chi connectivity index (χ3n) is 5.51. The summed E-state index contributed by atoms with van der Waals surface area (Å²) in [4.78, 5) is 8.32. The summed E-state index contributed by atoms with van der Waals surface area (Å²) < 4.78 is 46.4. The van der Waals surface area contributed by atoms with E-state index in [1.54, 1.807) is 19.2 Å². The van der Waals surface area contributed by atoms with Gasteiger partial charge in [0, 0.05) is 45.5 Å². The highest BCUT2D eigenvalue weighted by molar-refractivity contribution is 5.80. The minimum atomic E-state index is -4.40. The van der Waals surface area contributed by atoms with Crippen molar-refractivity contribution in [2.45, 2.75) is 32.5 Å². The Labute approximate surface area is 164 Å². The second kappa shape index (κ2) is 9.03. The van der Waals surface area contributed by atoms with Crippen molar-refractivity contribution >= 4 is 11.6 Å². The third kappa shape index (κ3) is 5.10. The Morgan fingerprint density at radius 1 is 1.18 bits per heavy atom.